The Bertz CT molecular complexity index is 1140. The Labute approximate surface area is 182 Å². The van der Waals surface area contributed by atoms with E-state index in [1.54, 1.807) is 17.2 Å². The Morgan fingerprint density at radius 1 is 1.10 bits per heavy atom. The van der Waals surface area contributed by atoms with Crippen LogP contribution in [-0.2, 0) is 13.0 Å². The lowest BCUT2D eigenvalue weighted by molar-refractivity contribution is 0.0953. The number of nitrogens with one attached hydrogen (secondary N) is 1. The van der Waals surface area contributed by atoms with Crippen LogP contribution in [0.2, 0.25) is 0 Å². The fourth-order valence-corrected chi connectivity index (χ4v) is 3.57. The molecule has 6 heteroatoms. The molecule has 1 amide bonds. The van der Waals surface area contributed by atoms with Crippen molar-refractivity contribution in [3.8, 4) is 16.9 Å². The molecule has 0 atom stereocenters. The van der Waals surface area contributed by atoms with Gasteiger partial charge in [-0.15, -0.1) is 0 Å². The van der Waals surface area contributed by atoms with E-state index in [0.717, 1.165) is 36.2 Å². The number of para-hydroxylation sites is 1. The molecule has 0 radical (unpaired) electrons. The summed E-state index contributed by atoms with van der Waals surface area (Å²) in [6.07, 6.45) is 9.10. The molecule has 0 unspecified atom stereocenters. The van der Waals surface area contributed by atoms with E-state index in [1.807, 2.05) is 60.3 Å². The van der Waals surface area contributed by atoms with Crippen LogP contribution in [-0.4, -0.2) is 31.8 Å². The minimum absolute atomic E-state index is 0.111. The second-order valence-corrected chi connectivity index (χ2v) is 7.58. The van der Waals surface area contributed by atoms with Gasteiger partial charge in [0.25, 0.3) is 5.91 Å². The van der Waals surface area contributed by atoms with Crippen molar-refractivity contribution in [1.29, 1.82) is 0 Å². The van der Waals surface area contributed by atoms with E-state index >= 15 is 0 Å². The number of imidazole rings is 1. The Hall–Kier alpha value is -3.67. The van der Waals surface area contributed by atoms with E-state index in [1.165, 1.54) is 5.56 Å². The zero-order valence-electron chi connectivity index (χ0n) is 18.0. The van der Waals surface area contributed by atoms with Gasteiger partial charge in [0.1, 0.15) is 5.69 Å². The Morgan fingerprint density at radius 3 is 2.61 bits per heavy atom. The molecule has 1 N–H and O–H groups in total. The van der Waals surface area contributed by atoms with Gasteiger partial charge in [0.05, 0.1) is 17.6 Å². The van der Waals surface area contributed by atoms with Crippen LogP contribution in [0.3, 0.4) is 0 Å². The van der Waals surface area contributed by atoms with E-state index in [-0.39, 0.29) is 5.91 Å². The Kier molecular flexibility index (Phi) is 6.26. The van der Waals surface area contributed by atoms with E-state index in [0.29, 0.717) is 17.8 Å². The fraction of sp³-hybridized carbons (Fsp3) is 0.240. The zero-order chi connectivity index (χ0) is 21.6. The first-order valence-electron chi connectivity index (χ1n) is 10.6. The molecule has 2 heterocycles. The number of aryl methyl sites for hydroxylation is 3. The maximum absolute atomic E-state index is 13.1. The number of carbonyl (C=O) groups is 1. The third kappa shape index (κ3) is 4.74. The molecule has 0 saturated heterocycles. The van der Waals surface area contributed by atoms with Crippen LogP contribution in [0.25, 0.3) is 16.9 Å². The number of hydrogen-bond acceptors (Lipinski definition) is 3. The van der Waals surface area contributed by atoms with Gasteiger partial charge < -0.3 is 9.88 Å². The first kappa shape index (κ1) is 20.6. The summed E-state index contributed by atoms with van der Waals surface area (Å²) in [4.78, 5) is 17.1. The summed E-state index contributed by atoms with van der Waals surface area (Å²) in [6, 6.07) is 16.3. The predicted octanol–water partition coefficient (Wildman–Crippen LogP) is 4.43. The molecule has 2 aromatic carbocycles. The number of hydrogen-bond donors (Lipinski definition) is 1. The number of rotatable bonds is 8. The molecule has 0 aliphatic rings. The lowest BCUT2D eigenvalue weighted by atomic mass is 10.0. The highest BCUT2D eigenvalue weighted by Crippen LogP contribution is 2.25. The predicted molar refractivity (Wildman–Crippen MR) is 122 cm³/mol. The molecular weight excluding hydrogens is 386 g/mol. The summed E-state index contributed by atoms with van der Waals surface area (Å²) in [7, 11) is 0. The number of nitrogens with zero attached hydrogens (tertiary/aromatic N) is 4. The van der Waals surface area contributed by atoms with Crippen LogP contribution in [0.4, 0.5) is 0 Å². The molecule has 0 aliphatic heterocycles. The molecule has 4 rings (SSSR count). The van der Waals surface area contributed by atoms with Crippen LogP contribution in [0.15, 0.2) is 73.4 Å². The van der Waals surface area contributed by atoms with Crippen molar-refractivity contribution in [3.63, 3.8) is 0 Å². The highest BCUT2D eigenvalue weighted by Gasteiger charge is 2.19. The molecule has 0 spiro atoms. The molecule has 0 fully saturated rings. The molecule has 2 aromatic heterocycles. The van der Waals surface area contributed by atoms with Crippen LogP contribution >= 0.6 is 0 Å². The van der Waals surface area contributed by atoms with E-state index in [4.69, 9.17) is 5.10 Å². The van der Waals surface area contributed by atoms with Crippen molar-refractivity contribution < 1.29 is 4.79 Å². The second-order valence-electron chi connectivity index (χ2n) is 7.58. The van der Waals surface area contributed by atoms with E-state index < -0.39 is 0 Å². The molecule has 6 nitrogen and oxygen atoms in total. The third-order valence-corrected chi connectivity index (χ3v) is 5.39. The maximum Gasteiger partial charge on any atom is 0.255 e. The van der Waals surface area contributed by atoms with Gasteiger partial charge in [-0.3, -0.25) is 4.79 Å². The lowest BCUT2D eigenvalue weighted by Crippen LogP contribution is -2.25. The first-order chi connectivity index (χ1) is 15.2. The first-order valence-corrected chi connectivity index (χ1v) is 10.6. The minimum Gasteiger partial charge on any atom is -0.352 e. The average molecular weight is 414 g/mol. The summed E-state index contributed by atoms with van der Waals surface area (Å²) in [5, 5.41) is 7.85. The lowest BCUT2D eigenvalue weighted by Gasteiger charge is -2.06. The molecule has 0 saturated carbocycles. The maximum atomic E-state index is 13.1. The van der Waals surface area contributed by atoms with Gasteiger partial charge in [-0.2, -0.15) is 5.10 Å². The van der Waals surface area contributed by atoms with Gasteiger partial charge in [0.2, 0.25) is 0 Å². The summed E-state index contributed by atoms with van der Waals surface area (Å²) in [6.45, 7) is 5.57. The van der Waals surface area contributed by atoms with Crippen molar-refractivity contribution in [2.24, 2.45) is 0 Å². The number of aromatic nitrogens is 4. The Morgan fingerprint density at radius 2 is 1.90 bits per heavy atom. The van der Waals surface area contributed by atoms with Crippen LogP contribution in [0.1, 0.15) is 34.8 Å². The average Bonchev–Trinajstić information content (AvgIpc) is 3.47. The minimum atomic E-state index is -0.111. The SMILES string of the molecule is CCc1ccc(-c2nn(-c3ccccc3C)cc2C(=O)NCCCn2ccnc2)cc1. The highest BCUT2D eigenvalue weighted by molar-refractivity contribution is 5.99. The molecule has 0 aliphatic carbocycles. The van der Waals surface area contributed by atoms with Crippen molar-refractivity contribution >= 4 is 5.91 Å². The van der Waals surface area contributed by atoms with Gasteiger partial charge in [0.15, 0.2) is 0 Å². The summed E-state index contributed by atoms with van der Waals surface area (Å²) < 4.78 is 3.81. The Balaban J connectivity index is 1.59. The summed E-state index contributed by atoms with van der Waals surface area (Å²) in [5.41, 5.74) is 5.53. The smallest absolute Gasteiger partial charge is 0.255 e. The van der Waals surface area contributed by atoms with Crippen LogP contribution in [0.5, 0.6) is 0 Å². The van der Waals surface area contributed by atoms with Gasteiger partial charge >= 0.3 is 0 Å². The molecule has 4 aromatic rings. The summed E-state index contributed by atoms with van der Waals surface area (Å²) >= 11 is 0. The topological polar surface area (TPSA) is 64.7 Å². The van der Waals surface area contributed by atoms with Crippen LogP contribution in [0, 0.1) is 6.92 Å². The van der Waals surface area contributed by atoms with Crippen molar-refractivity contribution in [2.75, 3.05) is 6.54 Å². The van der Waals surface area contributed by atoms with Crippen molar-refractivity contribution in [1.82, 2.24) is 24.6 Å². The highest BCUT2D eigenvalue weighted by atomic mass is 16.1. The van der Waals surface area contributed by atoms with Crippen LogP contribution < -0.4 is 5.32 Å². The summed E-state index contributed by atoms with van der Waals surface area (Å²) in [5.74, 6) is -0.111. The van der Waals surface area contributed by atoms with Gasteiger partial charge in [-0.05, 0) is 37.0 Å². The second kappa shape index (κ2) is 9.43. The molecule has 0 bridgehead atoms. The largest absolute Gasteiger partial charge is 0.352 e. The molecule has 158 valence electrons. The fourth-order valence-electron chi connectivity index (χ4n) is 3.57. The van der Waals surface area contributed by atoms with E-state index in [9.17, 15) is 4.79 Å². The van der Waals surface area contributed by atoms with Crippen molar-refractivity contribution in [3.05, 3.63) is 90.1 Å². The van der Waals surface area contributed by atoms with E-state index in [2.05, 4.69) is 29.4 Å². The van der Waals surface area contributed by atoms with Gasteiger partial charge in [0, 0.05) is 37.2 Å². The number of amides is 1. The van der Waals surface area contributed by atoms with Gasteiger partial charge in [-0.1, -0.05) is 49.4 Å². The standard InChI is InChI=1S/C25H27N5O/c1-3-20-9-11-21(12-10-20)24-22(17-30(28-24)23-8-5-4-7-19(23)2)25(31)27-13-6-15-29-16-14-26-18-29/h4-5,7-12,14,16-18H,3,6,13,15H2,1-2H3,(H,27,31). The third-order valence-electron chi connectivity index (χ3n) is 5.39. The van der Waals surface area contributed by atoms with Gasteiger partial charge in [-0.25, -0.2) is 9.67 Å². The number of benzene rings is 2. The zero-order valence-corrected chi connectivity index (χ0v) is 18.0. The van der Waals surface area contributed by atoms with Crippen molar-refractivity contribution in [2.45, 2.75) is 33.2 Å². The monoisotopic (exact) mass is 413 g/mol. The molecular formula is C25H27N5O. The quantitative estimate of drug-likeness (QED) is 0.435. The number of carbonyl (C=O) groups excluding carboxylic acids is 1. The normalized spacial score (nSPS) is 10.9. The molecule has 31 heavy (non-hydrogen) atoms.